The predicted octanol–water partition coefficient (Wildman–Crippen LogP) is 4.52. The Morgan fingerprint density at radius 2 is 1.76 bits per heavy atom. The van der Waals surface area contributed by atoms with Crippen molar-refractivity contribution in [2.24, 2.45) is 5.10 Å². The maximum absolute atomic E-state index is 12.8. The molecular formula is C24H23F6N3O4S. The van der Waals surface area contributed by atoms with E-state index in [-0.39, 0.29) is 24.9 Å². The van der Waals surface area contributed by atoms with Crippen molar-refractivity contribution in [2.75, 3.05) is 32.1 Å². The molecule has 206 valence electrons. The monoisotopic (exact) mass is 563 g/mol. The second-order valence-electron chi connectivity index (χ2n) is 8.84. The van der Waals surface area contributed by atoms with Gasteiger partial charge in [-0.2, -0.15) is 31.1 Å². The highest BCUT2D eigenvalue weighted by atomic mass is 32.2. The Morgan fingerprint density at radius 1 is 1.08 bits per heavy atom. The summed E-state index contributed by atoms with van der Waals surface area (Å²) in [4.78, 5) is 0. The number of nitrogens with zero attached hydrogens (tertiary/aromatic N) is 2. The first-order valence-corrected chi connectivity index (χ1v) is 13.0. The third-order valence-corrected chi connectivity index (χ3v) is 7.26. The molecule has 0 atom stereocenters. The van der Waals surface area contributed by atoms with Crippen molar-refractivity contribution in [1.29, 1.82) is 0 Å². The lowest BCUT2D eigenvalue weighted by Crippen LogP contribution is -2.60. The molecule has 1 N–H and O–H groups in total. The number of likely N-dealkylation sites (N-methyl/N-ethyl adjacent to an activating group) is 1. The summed E-state index contributed by atoms with van der Waals surface area (Å²) in [7, 11) is -4.70. The number of alkyl halides is 6. The van der Waals surface area contributed by atoms with Crippen LogP contribution in [-0.2, 0) is 26.5 Å². The van der Waals surface area contributed by atoms with Crippen LogP contribution in [0.4, 0.5) is 26.3 Å². The molecule has 0 bridgehead atoms. The van der Waals surface area contributed by atoms with Crippen molar-refractivity contribution < 1.29 is 44.2 Å². The molecule has 2 aromatic carbocycles. The Bertz CT molecular complexity index is 1330. The van der Waals surface area contributed by atoms with Crippen LogP contribution in [0.25, 0.3) is 5.57 Å². The minimum atomic E-state index is -4.90. The van der Waals surface area contributed by atoms with E-state index in [4.69, 9.17) is 9.47 Å². The summed E-state index contributed by atoms with van der Waals surface area (Å²) in [5.41, 5.74) is -0.431. The lowest BCUT2D eigenvalue weighted by Gasteiger charge is -2.42. The minimum absolute atomic E-state index is 0.117. The lowest BCUT2D eigenvalue weighted by molar-refractivity contribution is -0.137. The zero-order valence-electron chi connectivity index (χ0n) is 19.9. The van der Waals surface area contributed by atoms with Crippen LogP contribution in [0.5, 0.6) is 5.75 Å². The minimum Gasteiger partial charge on any atom is -0.438 e. The van der Waals surface area contributed by atoms with E-state index in [2.05, 4.69) is 9.82 Å². The van der Waals surface area contributed by atoms with Gasteiger partial charge in [-0.05, 0) is 54.0 Å². The van der Waals surface area contributed by atoms with Gasteiger partial charge in [-0.1, -0.05) is 18.2 Å². The number of hydrogen-bond acceptors (Lipinski definition) is 6. The highest BCUT2D eigenvalue weighted by Gasteiger charge is 2.46. The number of nitrogens with one attached hydrogen (secondary N) is 1. The molecule has 0 amide bonds. The standard InChI is InChI=1S/C24H23F6N3O4S/c1-2-33-12-17(11-21(31-33)37-20-8-6-18(7-9-20)24(28,29)30)16-4-3-5-19(10-16)22(13-36-14-22)32-38(34,35)15-23(25,26)27/h3-11,32H,2,12-15H2,1H3. The molecule has 2 heterocycles. The van der Waals surface area contributed by atoms with E-state index < -0.39 is 39.2 Å². The number of ether oxygens (including phenoxy) is 2. The first-order valence-electron chi connectivity index (χ1n) is 11.3. The number of hydrogen-bond donors (Lipinski definition) is 1. The summed E-state index contributed by atoms with van der Waals surface area (Å²) in [6, 6.07) is 10.8. The second kappa shape index (κ2) is 10.2. The van der Waals surface area contributed by atoms with E-state index in [1.54, 1.807) is 35.4 Å². The van der Waals surface area contributed by atoms with Gasteiger partial charge in [-0.15, -0.1) is 5.10 Å². The molecule has 2 aliphatic rings. The maximum Gasteiger partial charge on any atom is 0.416 e. The van der Waals surface area contributed by atoms with Crippen LogP contribution in [0.3, 0.4) is 0 Å². The second-order valence-corrected chi connectivity index (χ2v) is 10.6. The van der Waals surface area contributed by atoms with Gasteiger partial charge in [-0.3, -0.25) is 5.01 Å². The SMILES string of the molecule is CCN1CC(c2cccc(C3(NS(=O)(=O)CC(F)(F)F)COC3)c2)=CC(Oc2ccc(C(F)(F)F)cc2)=N1. The van der Waals surface area contributed by atoms with E-state index in [0.29, 0.717) is 29.8 Å². The quantitative estimate of drug-likeness (QED) is 0.501. The van der Waals surface area contributed by atoms with Crippen LogP contribution in [0, 0.1) is 0 Å². The largest absolute Gasteiger partial charge is 0.438 e. The summed E-state index contributed by atoms with van der Waals surface area (Å²) in [5, 5.41) is 6.00. The van der Waals surface area contributed by atoms with E-state index in [1.807, 2.05) is 6.92 Å². The fraction of sp³-hybridized carbons (Fsp3) is 0.375. The normalized spacial score (nSPS) is 17.9. The maximum atomic E-state index is 12.8. The zero-order valence-corrected chi connectivity index (χ0v) is 20.8. The number of sulfonamides is 1. The van der Waals surface area contributed by atoms with Gasteiger partial charge in [-0.25, -0.2) is 8.42 Å². The first-order chi connectivity index (χ1) is 17.7. The van der Waals surface area contributed by atoms with Crippen LogP contribution < -0.4 is 9.46 Å². The van der Waals surface area contributed by atoms with E-state index >= 15 is 0 Å². The van der Waals surface area contributed by atoms with Crippen molar-refractivity contribution >= 4 is 21.5 Å². The molecule has 7 nitrogen and oxygen atoms in total. The number of halogens is 6. The summed E-state index contributed by atoms with van der Waals surface area (Å²) >= 11 is 0. The smallest absolute Gasteiger partial charge is 0.416 e. The van der Waals surface area contributed by atoms with Crippen LogP contribution >= 0.6 is 0 Å². The molecule has 0 saturated carbocycles. The van der Waals surface area contributed by atoms with Gasteiger partial charge < -0.3 is 9.47 Å². The predicted molar refractivity (Wildman–Crippen MR) is 127 cm³/mol. The molecule has 2 aromatic rings. The molecular weight excluding hydrogens is 540 g/mol. The summed E-state index contributed by atoms with van der Waals surface area (Å²) < 4.78 is 114. The lowest BCUT2D eigenvalue weighted by atomic mass is 9.87. The summed E-state index contributed by atoms with van der Waals surface area (Å²) in [6.07, 6.45) is -7.79. The van der Waals surface area contributed by atoms with Crippen molar-refractivity contribution in [3.8, 4) is 5.75 Å². The Hall–Kier alpha value is -3.10. The van der Waals surface area contributed by atoms with E-state index in [1.165, 1.54) is 12.1 Å². The molecule has 0 unspecified atom stereocenters. The highest BCUT2D eigenvalue weighted by molar-refractivity contribution is 7.89. The Balaban J connectivity index is 1.59. The number of rotatable bonds is 7. The average Bonchev–Trinajstić information content (AvgIpc) is 2.79. The molecule has 1 saturated heterocycles. The van der Waals surface area contributed by atoms with Crippen molar-refractivity contribution in [2.45, 2.75) is 24.8 Å². The van der Waals surface area contributed by atoms with Crippen molar-refractivity contribution in [3.63, 3.8) is 0 Å². The topological polar surface area (TPSA) is 80.2 Å². The fourth-order valence-corrected chi connectivity index (χ4v) is 5.33. The molecule has 4 rings (SSSR count). The Kier molecular flexibility index (Phi) is 7.51. The van der Waals surface area contributed by atoms with Crippen LogP contribution in [-0.4, -0.2) is 57.6 Å². The van der Waals surface area contributed by atoms with E-state index in [9.17, 15) is 34.8 Å². The summed E-state index contributed by atoms with van der Waals surface area (Å²) in [6.45, 7) is 2.37. The molecule has 14 heteroatoms. The highest BCUT2D eigenvalue weighted by Crippen LogP contribution is 2.34. The third-order valence-electron chi connectivity index (χ3n) is 5.85. The first kappa shape index (κ1) is 27.9. The van der Waals surface area contributed by atoms with Crippen LogP contribution in [0.15, 0.2) is 59.7 Å². The van der Waals surface area contributed by atoms with Gasteiger partial charge in [0.15, 0.2) is 5.75 Å². The van der Waals surface area contributed by atoms with E-state index in [0.717, 1.165) is 12.1 Å². The van der Waals surface area contributed by atoms with Gasteiger partial charge in [0.2, 0.25) is 15.9 Å². The van der Waals surface area contributed by atoms with Gasteiger partial charge >= 0.3 is 12.4 Å². The molecule has 1 fully saturated rings. The molecule has 0 aromatic heterocycles. The third kappa shape index (κ3) is 6.66. The Morgan fingerprint density at radius 3 is 2.32 bits per heavy atom. The van der Waals surface area contributed by atoms with Gasteiger partial charge in [0.1, 0.15) is 11.3 Å². The van der Waals surface area contributed by atoms with Crippen molar-refractivity contribution in [3.05, 3.63) is 71.3 Å². The van der Waals surface area contributed by atoms with Crippen molar-refractivity contribution in [1.82, 2.24) is 9.73 Å². The molecule has 2 aliphatic heterocycles. The number of benzene rings is 2. The fourth-order valence-electron chi connectivity index (χ4n) is 3.99. The number of hydrazone groups is 1. The Labute approximate surface area is 214 Å². The molecule has 0 aliphatic carbocycles. The average molecular weight is 564 g/mol. The zero-order chi connectivity index (χ0) is 27.8. The van der Waals surface area contributed by atoms with Gasteiger partial charge in [0, 0.05) is 12.6 Å². The van der Waals surface area contributed by atoms with Gasteiger partial charge in [0.25, 0.3) is 0 Å². The molecule has 0 radical (unpaired) electrons. The molecule has 38 heavy (non-hydrogen) atoms. The molecule has 0 spiro atoms. The van der Waals surface area contributed by atoms with Crippen LogP contribution in [0.1, 0.15) is 23.6 Å². The summed E-state index contributed by atoms with van der Waals surface area (Å²) in [5.74, 6) is -1.76. The van der Waals surface area contributed by atoms with Gasteiger partial charge in [0.05, 0.1) is 25.3 Å². The van der Waals surface area contributed by atoms with Crippen LogP contribution in [0.2, 0.25) is 0 Å².